The molecule has 0 bridgehead atoms. The van der Waals surface area contributed by atoms with Gasteiger partial charge in [-0.1, -0.05) is 0 Å². The predicted octanol–water partition coefficient (Wildman–Crippen LogP) is 1.11. The largest absolute Gasteiger partial charge is 0.507 e. The summed E-state index contributed by atoms with van der Waals surface area (Å²) in [5.41, 5.74) is 3.53. The second-order valence-electron chi connectivity index (χ2n) is 7.39. The van der Waals surface area contributed by atoms with E-state index < -0.39 is 15.8 Å². The van der Waals surface area contributed by atoms with Gasteiger partial charge < -0.3 is 10.0 Å². The topological polar surface area (TPSA) is 62.0 Å². The van der Waals surface area contributed by atoms with Crippen molar-refractivity contribution >= 4 is 10.0 Å². The van der Waals surface area contributed by atoms with Gasteiger partial charge in [-0.2, -0.15) is 4.31 Å². The molecule has 0 radical (unpaired) electrons. The molecule has 0 spiro atoms. The first-order chi connectivity index (χ1) is 12.9. The van der Waals surface area contributed by atoms with Crippen LogP contribution in [0.5, 0.6) is 5.75 Å². The third-order valence-corrected chi connectivity index (χ3v) is 7.53. The van der Waals surface area contributed by atoms with Crippen LogP contribution in [0.4, 0.5) is 4.39 Å². The summed E-state index contributed by atoms with van der Waals surface area (Å²) in [7, 11) is -3.59. The number of quaternary nitrogens is 1. The van der Waals surface area contributed by atoms with Crippen molar-refractivity contribution in [3.63, 3.8) is 0 Å². The van der Waals surface area contributed by atoms with Crippen LogP contribution in [0.25, 0.3) is 0 Å². The van der Waals surface area contributed by atoms with Gasteiger partial charge in [-0.3, -0.25) is 0 Å². The van der Waals surface area contributed by atoms with E-state index in [0.29, 0.717) is 38.5 Å². The molecular formula is C20H24FN2O3S+. The van der Waals surface area contributed by atoms with Crippen LogP contribution in [0.15, 0.2) is 41.3 Å². The molecule has 2 aromatic carbocycles. The van der Waals surface area contributed by atoms with E-state index in [0.717, 1.165) is 24.8 Å². The van der Waals surface area contributed by atoms with E-state index in [9.17, 15) is 17.9 Å². The molecule has 2 aromatic rings. The van der Waals surface area contributed by atoms with Gasteiger partial charge in [-0.25, -0.2) is 12.8 Å². The fraction of sp³-hybridized carbons (Fsp3) is 0.400. The van der Waals surface area contributed by atoms with Crippen LogP contribution < -0.4 is 4.90 Å². The zero-order valence-electron chi connectivity index (χ0n) is 15.1. The maximum atomic E-state index is 13.1. The number of aromatic hydroxyl groups is 1. The lowest BCUT2D eigenvalue weighted by Gasteiger charge is -2.31. The molecule has 4 rings (SSSR count). The van der Waals surface area contributed by atoms with Crippen molar-refractivity contribution in [1.29, 1.82) is 0 Å². The van der Waals surface area contributed by atoms with Crippen LogP contribution in [-0.4, -0.2) is 44.0 Å². The summed E-state index contributed by atoms with van der Waals surface area (Å²) in [6.45, 7) is 2.89. The van der Waals surface area contributed by atoms with Crippen molar-refractivity contribution < 1.29 is 22.8 Å². The monoisotopic (exact) mass is 391 g/mol. The highest BCUT2D eigenvalue weighted by atomic mass is 32.2. The average Bonchev–Trinajstić information content (AvgIpc) is 3.10. The lowest BCUT2D eigenvalue weighted by Crippen LogP contribution is -3.13. The van der Waals surface area contributed by atoms with Crippen molar-refractivity contribution in [1.82, 2.24) is 4.31 Å². The summed E-state index contributed by atoms with van der Waals surface area (Å²) >= 11 is 0. The molecule has 0 amide bonds. The normalized spacial score (nSPS) is 18.6. The van der Waals surface area contributed by atoms with Crippen LogP contribution in [0, 0.1) is 5.82 Å². The highest BCUT2D eigenvalue weighted by Gasteiger charge is 2.31. The fourth-order valence-electron chi connectivity index (χ4n) is 4.05. The van der Waals surface area contributed by atoms with E-state index in [4.69, 9.17) is 0 Å². The van der Waals surface area contributed by atoms with Gasteiger partial charge in [0.25, 0.3) is 0 Å². The minimum atomic E-state index is -3.59. The number of hydrogen-bond acceptors (Lipinski definition) is 3. The Bertz CT molecular complexity index is 936. The minimum absolute atomic E-state index is 0.128. The standard InChI is InChI=1S/C20H23FN2O3S/c21-18-4-6-19(7-5-18)27(25,26)23-10-8-22(9-11-23)14-17-12-15-2-1-3-16(15)13-20(17)24/h4-7,12-13,24H,1-3,8-11,14H2/p+1. The van der Waals surface area contributed by atoms with Crippen LogP contribution in [-0.2, 0) is 29.4 Å². The van der Waals surface area contributed by atoms with Crippen LogP contribution in [0.2, 0.25) is 0 Å². The molecule has 1 fully saturated rings. The molecule has 1 saturated heterocycles. The summed E-state index contributed by atoms with van der Waals surface area (Å²) in [5, 5.41) is 10.3. The van der Waals surface area contributed by atoms with Crippen molar-refractivity contribution in [2.75, 3.05) is 26.2 Å². The van der Waals surface area contributed by atoms with Crippen LogP contribution >= 0.6 is 0 Å². The Morgan fingerprint density at radius 2 is 1.67 bits per heavy atom. The number of benzene rings is 2. The second kappa shape index (κ2) is 7.22. The predicted molar refractivity (Wildman–Crippen MR) is 99.7 cm³/mol. The molecule has 27 heavy (non-hydrogen) atoms. The number of phenolic OH excluding ortho intramolecular Hbond substituents is 1. The Morgan fingerprint density at radius 3 is 2.33 bits per heavy atom. The van der Waals surface area contributed by atoms with Gasteiger partial charge in [0.1, 0.15) is 18.1 Å². The first-order valence-corrected chi connectivity index (χ1v) is 10.8. The molecule has 1 aliphatic carbocycles. The molecule has 0 unspecified atom stereocenters. The molecule has 7 heteroatoms. The molecule has 2 aliphatic rings. The van der Waals surface area contributed by atoms with Crippen molar-refractivity contribution in [3.05, 3.63) is 58.9 Å². The van der Waals surface area contributed by atoms with Crippen molar-refractivity contribution in [2.45, 2.75) is 30.7 Å². The number of aryl methyl sites for hydroxylation is 2. The van der Waals surface area contributed by atoms with Crippen LogP contribution in [0.3, 0.4) is 0 Å². The molecule has 2 N–H and O–H groups in total. The first kappa shape index (κ1) is 18.4. The van der Waals surface area contributed by atoms with E-state index >= 15 is 0 Å². The average molecular weight is 391 g/mol. The Hall–Kier alpha value is -1.96. The number of fused-ring (bicyclic) bond motifs is 1. The van der Waals surface area contributed by atoms with Crippen molar-refractivity contribution in [2.24, 2.45) is 0 Å². The summed E-state index contributed by atoms with van der Waals surface area (Å²) in [5.74, 6) is -0.0955. The molecular weight excluding hydrogens is 367 g/mol. The summed E-state index contributed by atoms with van der Waals surface area (Å²) in [6.07, 6.45) is 3.25. The van der Waals surface area contributed by atoms with Gasteiger partial charge in [-0.15, -0.1) is 0 Å². The van der Waals surface area contributed by atoms with E-state index in [1.54, 1.807) is 0 Å². The number of piperazine rings is 1. The van der Waals surface area contributed by atoms with Gasteiger partial charge in [0.2, 0.25) is 10.0 Å². The quantitative estimate of drug-likeness (QED) is 0.821. The number of halogens is 1. The van der Waals surface area contributed by atoms with Crippen LogP contribution in [0.1, 0.15) is 23.1 Å². The maximum absolute atomic E-state index is 13.1. The number of hydrogen-bond donors (Lipinski definition) is 2. The van der Waals surface area contributed by atoms with Gasteiger partial charge in [0, 0.05) is 5.56 Å². The second-order valence-corrected chi connectivity index (χ2v) is 9.33. The number of phenols is 1. The van der Waals surface area contributed by atoms with E-state index in [1.807, 2.05) is 6.07 Å². The third-order valence-electron chi connectivity index (χ3n) is 5.61. The molecule has 1 heterocycles. The molecule has 0 atom stereocenters. The summed E-state index contributed by atoms with van der Waals surface area (Å²) < 4.78 is 39.9. The van der Waals surface area contributed by atoms with Gasteiger partial charge in [0.15, 0.2) is 0 Å². The Labute approximate surface area is 159 Å². The van der Waals surface area contributed by atoms with E-state index in [1.165, 1.54) is 44.6 Å². The third kappa shape index (κ3) is 3.72. The zero-order valence-corrected chi connectivity index (χ0v) is 15.9. The number of nitrogens with one attached hydrogen (secondary N) is 1. The summed E-state index contributed by atoms with van der Waals surface area (Å²) in [6, 6.07) is 8.98. The SMILES string of the molecule is O=S(=O)(c1ccc(F)cc1)N1CC[NH+](Cc2cc3c(cc2O)CCC3)CC1. The first-order valence-electron chi connectivity index (χ1n) is 9.36. The van der Waals surface area contributed by atoms with Crippen molar-refractivity contribution in [3.8, 4) is 5.75 Å². The fourth-order valence-corrected chi connectivity index (χ4v) is 5.49. The molecule has 0 aromatic heterocycles. The molecule has 1 aliphatic heterocycles. The highest BCUT2D eigenvalue weighted by molar-refractivity contribution is 7.89. The Kier molecular flexibility index (Phi) is 4.92. The van der Waals surface area contributed by atoms with E-state index in [-0.39, 0.29) is 4.90 Å². The maximum Gasteiger partial charge on any atom is 0.243 e. The lowest BCUT2D eigenvalue weighted by molar-refractivity contribution is -0.917. The van der Waals surface area contributed by atoms with Gasteiger partial charge >= 0.3 is 0 Å². The van der Waals surface area contributed by atoms with Gasteiger partial charge in [0.05, 0.1) is 31.1 Å². The number of nitrogens with zero attached hydrogens (tertiary/aromatic N) is 1. The number of sulfonamides is 1. The lowest BCUT2D eigenvalue weighted by atomic mass is 10.0. The Morgan fingerprint density at radius 1 is 1.04 bits per heavy atom. The minimum Gasteiger partial charge on any atom is -0.507 e. The zero-order chi connectivity index (χ0) is 19.0. The van der Waals surface area contributed by atoms with Gasteiger partial charge in [-0.05, 0) is 66.8 Å². The molecule has 144 valence electrons. The van der Waals surface area contributed by atoms with E-state index in [2.05, 4.69) is 6.07 Å². The molecule has 0 saturated carbocycles. The number of rotatable bonds is 4. The highest BCUT2D eigenvalue weighted by Crippen LogP contribution is 2.28. The summed E-state index contributed by atoms with van der Waals surface area (Å²) in [4.78, 5) is 1.39. The molecule has 5 nitrogen and oxygen atoms in total. The smallest absolute Gasteiger partial charge is 0.243 e. The Balaban J connectivity index is 1.41.